The highest BCUT2D eigenvalue weighted by atomic mass is 16.5. The van der Waals surface area contributed by atoms with E-state index in [1.54, 1.807) is 0 Å². The van der Waals surface area contributed by atoms with Crippen molar-refractivity contribution in [3.05, 3.63) is 34.9 Å². The van der Waals surface area contributed by atoms with Crippen LogP contribution in [0.2, 0.25) is 0 Å². The lowest BCUT2D eigenvalue weighted by Crippen LogP contribution is -1.99. The summed E-state index contributed by atoms with van der Waals surface area (Å²) in [5.74, 6) is 0.967. The molecule has 1 heterocycles. The fraction of sp³-hybridized carbons (Fsp3) is 0.400. The molecule has 0 amide bonds. The molecule has 0 aliphatic heterocycles. The first-order valence-electron chi connectivity index (χ1n) is 6.30. The summed E-state index contributed by atoms with van der Waals surface area (Å²) in [5.41, 5.74) is 11.3. The Morgan fingerprint density at radius 3 is 2.61 bits per heavy atom. The fourth-order valence-electron chi connectivity index (χ4n) is 2.22. The lowest BCUT2D eigenvalue weighted by Gasteiger charge is -2.08. The van der Waals surface area contributed by atoms with Gasteiger partial charge in [-0.25, -0.2) is 0 Å². The highest BCUT2D eigenvalue weighted by Gasteiger charge is 2.17. The monoisotopic (exact) mass is 244 g/mol. The van der Waals surface area contributed by atoms with Crippen molar-refractivity contribution in [2.45, 2.75) is 34.1 Å². The van der Waals surface area contributed by atoms with Gasteiger partial charge in [0.05, 0.1) is 0 Å². The maximum atomic E-state index is 5.88. The van der Waals surface area contributed by atoms with E-state index >= 15 is 0 Å². The molecule has 0 aliphatic carbocycles. The molecule has 3 nitrogen and oxygen atoms in total. The van der Waals surface area contributed by atoms with Crippen LogP contribution in [-0.4, -0.2) is 5.16 Å². The van der Waals surface area contributed by atoms with Crippen LogP contribution >= 0.6 is 0 Å². The van der Waals surface area contributed by atoms with E-state index in [0.29, 0.717) is 11.8 Å². The predicted octanol–water partition coefficient (Wildman–Crippen LogP) is 3.74. The molecule has 2 rings (SSSR count). The van der Waals surface area contributed by atoms with Crippen LogP contribution in [0.3, 0.4) is 0 Å². The van der Waals surface area contributed by atoms with E-state index < -0.39 is 0 Å². The Kier molecular flexibility index (Phi) is 3.41. The molecule has 0 bridgehead atoms. The van der Waals surface area contributed by atoms with Gasteiger partial charge in [0.25, 0.3) is 0 Å². The van der Waals surface area contributed by atoms with Gasteiger partial charge in [-0.2, -0.15) is 0 Å². The standard InChI is InChI=1S/C15H20N2O/c1-9(2)7-13-14(17-18-15(13)16)12-6-5-10(3)8-11(12)4/h5-6,8-9H,7,16H2,1-4H3. The van der Waals surface area contributed by atoms with Crippen molar-refractivity contribution in [3.63, 3.8) is 0 Å². The van der Waals surface area contributed by atoms with Crippen molar-refractivity contribution in [2.24, 2.45) is 5.92 Å². The Hall–Kier alpha value is -1.77. The second-order valence-corrected chi connectivity index (χ2v) is 5.29. The largest absolute Gasteiger partial charge is 0.367 e. The molecule has 1 aromatic carbocycles. The maximum absolute atomic E-state index is 5.88. The van der Waals surface area contributed by atoms with Crippen LogP contribution < -0.4 is 5.73 Å². The summed E-state index contributed by atoms with van der Waals surface area (Å²) < 4.78 is 5.16. The van der Waals surface area contributed by atoms with Crippen LogP contribution in [-0.2, 0) is 6.42 Å². The number of anilines is 1. The molecule has 18 heavy (non-hydrogen) atoms. The van der Waals surface area contributed by atoms with Crippen LogP contribution in [0.1, 0.15) is 30.5 Å². The number of hydrogen-bond donors (Lipinski definition) is 1. The van der Waals surface area contributed by atoms with Crippen molar-refractivity contribution in [2.75, 3.05) is 5.73 Å². The molecule has 0 unspecified atom stereocenters. The van der Waals surface area contributed by atoms with Crippen LogP contribution in [0.25, 0.3) is 11.3 Å². The van der Waals surface area contributed by atoms with E-state index in [1.165, 1.54) is 11.1 Å². The Bertz CT molecular complexity index is 556. The highest BCUT2D eigenvalue weighted by Crippen LogP contribution is 2.31. The Morgan fingerprint density at radius 1 is 1.28 bits per heavy atom. The number of aromatic nitrogens is 1. The molecule has 0 saturated heterocycles. The number of nitrogens with zero attached hydrogens (tertiary/aromatic N) is 1. The molecule has 0 fully saturated rings. The molecule has 0 aliphatic rings. The van der Waals surface area contributed by atoms with Crippen LogP contribution in [0, 0.1) is 19.8 Å². The third-order valence-corrected chi connectivity index (χ3v) is 3.07. The van der Waals surface area contributed by atoms with Gasteiger partial charge < -0.3 is 10.3 Å². The molecular formula is C15H20N2O. The first kappa shape index (κ1) is 12.7. The lowest BCUT2D eigenvalue weighted by molar-refractivity contribution is 0.438. The van der Waals surface area contributed by atoms with Crippen LogP contribution in [0.4, 0.5) is 5.88 Å². The number of benzene rings is 1. The first-order valence-corrected chi connectivity index (χ1v) is 6.30. The smallest absolute Gasteiger partial charge is 0.225 e. The average molecular weight is 244 g/mol. The van der Waals surface area contributed by atoms with Crippen LogP contribution in [0.5, 0.6) is 0 Å². The molecule has 2 aromatic rings. The lowest BCUT2D eigenvalue weighted by atomic mass is 9.96. The van der Waals surface area contributed by atoms with Gasteiger partial charge >= 0.3 is 0 Å². The molecule has 0 atom stereocenters. The van der Waals surface area contributed by atoms with Crippen molar-refractivity contribution in [3.8, 4) is 11.3 Å². The van der Waals surface area contributed by atoms with Gasteiger partial charge in [-0.05, 0) is 31.7 Å². The van der Waals surface area contributed by atoms with Crippen LogP contribution in [0.15, 0.2) is 22.7 Å². The molecule has 0 saturated carbocycles. The number of rotatable bonds is 3. The third kappa shape index (κ3) is 2.40. The summed E-state index contributed by atoms with van der Waals surface area (Å²) in [7, 11) is 0. The van der Waals surface area contributed by atoms with Crippen molar-refractivity contribution in [1.82, 2.24) is 5.16 Å². The van der Waals surface area contributed by atoms with Gasteiger partial charge in [0.15, 0.2) is 0 Å². The van der Waals surface area contributed by atoms with E-state index in [0.717, 1.165) is 23.2 Å². The molecule has 2 N–H and O–H groups in total. The van der Waals surface area contributed by atoms with E-state index in [-0.39, 0.29) is 0 Å². The molecule has 0 spiro atoms. The van der Waals surface area contributed by atoms with Gasteiger partial charge in [0.2, 0.25) is 5.88 Å². The second-order valence-electron chi connectivity index (χ2n) is 5.29. The topological polar surface area (TPSA) is 52.0 Å². The minimum Gasteiger partial charge on any atom is -0.367 e. The van der Waals surface area contributed by atoms with Gasteiger partial charge in [-0.3, -0.25) is 0 Å². The van der Waals surface area contributed by atoms with E-state index in [4.69, 9.17) is 10.3 Å². The van der Waals surface area contributed by atoms with Gasteiger partial charge in [-0.15, -0.1) is 0 Å². The predicted molar refractivity (Wildman–Crippen MR) is 74.4 cm³/mol. The van der Waals surface area contributed by atoms with Gasteiger partial charge in [0.1, 0.15) is 5.69 Å². The fourth-order valence-corrected chi connectivity index (χ4v) is 2.22. The number of hydrogen-bond acceptors (Lipinski definition) is 3. The van der Waals surface area contributed by atoms with E-state index in [1.807, 2.05) is 0 Å². The summed E-state index contributed by atoms with van der Waals surface area (Å²) in [4.78, 5) is 0. The summed E-state index contributed by atoms with van der Waals surface area (Å²) in [5, 5.41) is 4.13. The quantitative estimate of drug-likeness (QED) is 0.894. The zero-order valence-electron chi connectivity index (χ0n) is 11.4. The molecular weight excluding hydrogens is 224 g/mol. The number of nitrogen functional groups attached to an aromatic ring is 1. The summed E-state index contributed by atoms with van der Waals surface area (Å²) in [6.45, 7) is 8.51. The molecule has 0 radical (unpaired) electrons. The highest BCUT2D eigenvalue weighted by molar-refractivity contribution is 5.70. The van der Waals surface area contributed by atoms with Gasteiger partial charge in [-0.1, -0.05) is 42.8 Å². The molecule has 1 aromatic heterocycles. The Balaban J connectivity index is 2.50. The number of aryl methyl sites for hydroxylation is 2. The normalized spacial score (nSPS) is 11.2. The van der Waals surface area contributed by atoms with Gasteiger partial charge in [0, 0.05) is 11.1 Å². The molecule has 3 heteroatoms. The van der Waals surface area contributed by atoms with Crippen molar-refractivity contribution < 1.29 is 4.52 Å². The Morgan fingerprint density at radius 2 is 2.00 bits per heavy atom. The maximum Gasteiger partial charge on any atom is 0.225 e. The zero-order valence-corrected chi connectivity index (χ0v) is 11.4. The summed E-state index contributed by atoms with van der Waals surface area (Å²) >= 11 is 0. The van der Waals surface area contributed by atoms with E-state index in [9.17, 15) is 0 Å². The zero-order chi connectivity index (χ0) is 13.3. The summed E-state index contributed by atoms with van der Waals surface area (Å²) in [6.07, 6.45) is 0.887. The first-order chi connectivity index (χ1) is 8.49. The minimum absolute atomic E-state index is 0.443. The van der Waals surface area contributed by atoms with Crippen molar-refractivity contribution >= 4 is 5.88 Å². The minimum atomic E-state index is 0.443. The van der Waals surface area contributed by atoms with E-state index in [2.05, 4.69) is 51.1 Å². The van der Waals surface area contributed by atoms with Crippen molar-refractivity contribution in [1.29, 1.82) is 0 Å². The third-order valence-electron chi connectivity index (χ3n) is 3.07. The Labute approximate surface area is 108 Å². The average Bonchev–Trinajstić information content (AvgIpc) is 2.60. The SMILES string of the molecule is Cc1ccc(-c2noc(N)c2CC(C)C)c(C)c1. The summed E-state index contributed by atoms with van der Waals surface area (Å²) in [6, 6.07) is 6.33. The molecule has 96 valence electrons. The second kappa shape index (κ2) is 4.84. The number of nitrogens with two attached hydrogens (primary N) is 1.